The summed E-state index contributed by atoms with van der Waals surface area (Å²) in [5.74, 6) is 0.767. The van der Waals surface area contributed by atoms with Crippen LogP contribution in [0.3, 0.4) is 0 Å². The first-order chi connectivity index (χ1) is 19.0. The molecule has 0 bridgehead atoms. The normalized spacial score (nSPS) is 20.9. The Hall–Kier alpha value is -2.38. The summed E-state index contributed by atoms with van der Waals surface area (Å²) in [5.41, 5.74) is 3.82. The van der Waals surface area contributed by atoms with Gasteiger partial charge in [-0.15, -0.1) is 0 Å². The molecule has 1 aliphatic heterocycles. The number of fused-ring (bicyclic) bond motifs is 2. The van der Waals surface area contributed by atoms with Crippen molar-refractivity contribution in [1.82, 2.24) is 24.1 Å². The van der Waals surface area contributed by atoms with Crippen molar-refractivity contribution >= 4 is 38.7 Å². The van der Waals surface area contributed by atoms with Crippen molar-refractivity contribution in [2.75, 3.05) is 6.61 Å². The van der Waals surface area contributed by atoms with Crippen LogP contribution in [0.25, 0.3) is 27.9 Å². The van der Waals surface area contributed by atoms with Crippen LogP contribution in [0, 0.1) is 6.92 Å². The molecule has 4 aromatic rings. The van der Waals surface area contributed by atoms with Crippen molar-refractivity contribution in [3.8, 4) is 5.82 Å². The highest BCUT2D eigenvalue weighted by Crippen LogP contribution is 2.43. The number of rotatable bonds is 7. The Morgan fingerprint density at radius 2 is 1.66 bits per heavy atom. The predicted molar refractivity (Wildman–Crippen MR) is 171 cm³/mol. The van der Waals surface area contributed by atoms with E-state index in [0.29, 0.717) is 13.0 Å². The van der Waals surface area contributed by atoms with Gasteiger partial charge in [-0.1, -0.05) is 59.7 Å². The third kappa shape index (κ3) is 5.57. The zero-order valence-electron chi connectivity index (χ0n) is 26.6. The molecule has 3 aromatic heterocycles. The molecule has 1 saturated heterocycles. The molecule has 5 rings (SSSR count). The molecule has 1 aromatic carbocycles. The van der Waals surface area contributed by atoms with E-state index in [-0.39, 0.29) is 28.5 Å². The summed E-state index contributed by atoms with van der Waals surface area (Å²) in [5, 5.41) is 1.39. The van der Waals surface area contributed by atoms with Crippen LogP contribution in [0.5, 0.6) is 0 Å². The molecule has 0 radical (unpaired) electrons. The van der Waals surface area contributed by atoms with Crippen LogP contribution in [0.2, 0.25) is 36.3 Å². The standard InChI is InChI=1S/C31H47N5O3Si2/c1-21-13-12-14-22-15-16-35(27(21)22)28-26-29(33-19-32-28)36(20-34-26)25-17-23(39-41(10,11)31(5,6)7)24(38-25)18-37-40(8,9)30(2,3)4/h12-16,19-20,23-25H,17-18H2,1-11H3/t23-,24+,25+/m0/s1. The van der Waals surface area contributed by atoms with Crippen molar-refractivity contribution in [2.45, 2.75) is 110 Å². The Bertz CT molecular complexity index is 1550. The fraction of sp³-hybridized carbons (Fsp3) is 0.581. The van der Waals surface area contributed by atoms with Crippen LogP contribution < -0.4 is 0 Å². The Labute approximate surface area is 246 Å². The SMILES string of the molecule is Cc1cccc2ccn(-c3ncnc4c3ncn4[C@H]3C[C@H](O[Si](C)(C)C(C)(C)C)[C@@H](CO[Si](C)(C)C(C)(C)C)O3)c12. The molecule has 222 valence electrons. The van der Waals surface area contributed by atoms with Gasteiger partial charge < -0.3 is 13.6 Å². The highest BCUT2D eigenvalue weighted by molar-refractivity contribution is 6.74. The zero-order chi connectivity index (χ0) is 30.0. The van der Waals surface area contributed by atoms with Gasteiger partial charge in [0.1, 0.15) is 18.7 Å². The lowest BCUT2D eigenvalue weighted by Gasteiger charge is -2.40. The molecule has 0 amide bonds. The second-order valence-corrected chi connectivity index (χ2v) is 24.1. The van der Waals surface area contributed by atoms with E-state index in [1.54, 1.807) is 6.33 Å². The number of aromatic nitrogens is 5. The summed E-state index contributed by atoms with van der Waals surface area (Å²) in [6.07, 6.45) is 5.74. The number of nitrogens with zero attached hydrogens (tertiary/aromatic N) is 5. The van der Waals surface area contributed by atoms with Gasteiger partial charge in [-0.2, -0.15) is 0 Å². The van der Waals surface area contributed by atoms with Crippen molar-refractivity contribution in [3.63, 3.8) is 0 Å². The fourth-order valence-electron chi connectivity index (χ4n) is 4.99. The molecule has 41 heavy (non-hydrogen) atoms. The molecule has 0 spiro atoms. The molecular weight excluding hydrogens is 547 g/mol. The summed E-state index contributed by atoms with van der Waals surface area (Å²) < 4.78 is 24.6. The number of imidazole rings is 1. The van der Waals surface area contributed by atoms with E-state index in [1.165, 1.54) is 10.9 Å². The van der Waals surface area contributed by atoms with Crippen LogP contribution in [0.1, 0.15) is 59.8 Å². The highest BCUT2D eigenvalue weighted by Gasteiger charge is 2.47. The van der Waals surface area contributed by atoms with Crippen LogP contribution >= 0.6 is 0 Å². The molecule has 1 fully saturated rings. The third-order valence-corrected chi connectivity index (χ3v) is 18.6. The van der Waals surface area contributed by atoms with Gasteiger partial charge in [-0.05, 0) is 54.8 Å². The molecule has 1 aliphatic rings. The van der Waals surface area contributed by atoms with E-state index < -0.39 is 16.6 Å². The molecule has 0 unspecified atom stereocenters. The maximum atomic E-state index is 6.99. The van der Waals surface area contributed by atoms with E-state index in [1.807, 2.05) is 10.9 Å². The van der Waals surface area contributed by atoms with Gasteiger partial charge in [0.15, 0.2) is 33.6 Å². The van der Waals surface area contributed by atoms with E-state index in [2.05, 4.69) is 120 Å². The number of ether oxygens (including phenoxy) is 1. The number of aryl methyl sites for hydroxylation is 1. The first kappa shape index (κ1) is 30.1. The van der Waals surface area contributed by atoms with Crippen LogP contribution in [-0.4, -0.2) is 59.5 Å². The predicted octanol–water partition coefficient (Wildman–Crippen LogP) is 7.78. The second kappa shape index (κ2) is 10.4. The molecule has 0 aliphatic carbocycles. The Morgan fingerprint density at radius 1 is 0.951 bits per heavy atom. The maximum Gasteiger partial charge on any atom is 0.192 e. The zero-order valence-corrected chi connectivity index (χ0v) is 28.6. The van der Waals surface area contributed by atoms with Gasteiger partial charge in [0.2, 0.25) is 0 Å². The summed E-state index contributed by atoms with van der Waals surface area (Å²) in [6.45, 7) is 25.5. The fourth-order valence-corrected chi connectivity index (χ4v) is 7.36. The lowest BCUT2D eigenvalue weighted by atomic mass is 10.2. The van der Waals surface area contributed by atoms with Crippen molar-refractivity contribution in [1.29, 1.82) is 0 Å². The van der Waals surface area contributed by atoms with Gasteiger partial charge in [-0.25, -0.2) is 15.0 Å². The summed E-state index contributed by atoms with van der Waals surface area (Å²) in [7, 11) is -4.01. The van der Waals surface area contributed by atoms with Crippen molar-refractivity contribution in [2.24, 2.45) is 0 Å². The van der Waals surface area contributed by atoms with E-state index in [0.717, 1.165) is 22.5 Å². The summed E-state index contributed by atoms with van der Waals surface area (Å²) in [6, 6.07) is 8.44. The molecule has 3 atom stereocenters. The molecule has 4 heterocycles. The van der Waals surface area contributed by atoms with Crippen LogP contribution in [0.15, 0.2) is 43.1 Å². The largest absolute Gasteiger partial charge is 0.414 e. The second-order valence-electron chi connectivity index (χ2n) is 14.6. The van der Waals surface area contributed by atoms with Gasteiger partial charge in [-0.3, -0.25) is 9.13 Å². The van der Waals surface area contributed by atoms with Crippen molar-refractivity contribution in [3.05, 3.63) is 48.7 Å². The molecule has 0 N–H and O–H groups in total. The Morgan fingerprint density at radius 3 is 2.34 bits per heavy atom. The average molecular weight is 594 g/mol. The van der Waals surface area contributed by atoms with Crippen LogP contribution in [0.4, 0.5) is 0 Å². The van der Waals surface area contributed by atoms with Gasteiger partial charge in [0.05, 0.1) is 24.6 Å². The molecular formula is C31H47N5O3Si2. The Balaban J connectivity index is 1.48. The smallest absolute Gasteiger partial charge is 0.192 e. The number of para-hydroxylation sites is 1. The van der Waals surface area contributed by atoms with Crippen LogP contribution in [-0.2, 0) is 13.6 Å². The van der Waals surface area contributed by atoms with E-state index >= 15 is 0 Å². The van der Waals surface area contributed by atoms with E-state index in [9.17, 15) is 0 Å². The lowest BCUT2D eigenvalue weighted by Crippen LogP contribution is -2.48. The minimum Gasteiger partial charge on any atom is -0.414 e. The topological polar surface area (TPSA) is 76.2 Å². The first-order valence-electron chi connectivity index (χ1n) is 14.7. The molecule has 0 saturated carbocycles. The van der Waals surface area contributed by atoms with Gasteiger partial charge >= 0.3 is 0 Å². The van der Waals surface area contributed by atoms with Gasteiger partial charge in [0, 0.05) is 18.0 Å². The minimum absolute atomic E-state index is 0.0690. The lowest BCUT2D eigenvalue weighted by molar-refractivity contribution is -0.0383. The van der Waals surface area contributed by atoms with Crippen molar-refractivity contribution < 1.29 is 13.6 Å². The summed E-state index contributed by atoms with van der Waals surface area (Å²) >= 11 is 0. The van der Waals surface area contributed by atoms with Gasteiger partial charge in [0.25, 0.3) is 0 Å². The Kier molecular flexibility index (Phi) is 7.64. The molecule has 10 heteroatoms. The first-order valence-corrected chi connectivity index (χ1v) is 20.5. The highest BCUT2D eigenvalue weighted by atomic mass is 28.4. The molecule has 8 nitrogen and oxygen atoms in total. The number of hydrogen-bond acceptors (Lipinski definition) is 6. The quantitative estimate of drug-likeness (QED) is 0.204. The van der Waals surface area contributed by atoms with E-state index in [4.69, 9.17) is 18.6 Å². The summed E-state index contributed by atoms with van der Waals surface area (Å²) in [4.78, 5) is 14.2. The number of benzene rings is 1. The monoisotopic (exact) mass is 593 g/mol. The third-order valence-electron chi connectivity index (χ3n) is 9.64. The number of hydrogen-bond donors (Lipinski definition) is 0. The minimum atomic E-state index is -2.05. The average Bonchev–Trinajstić information content (AvgIpc) is 3.58. The maximum absolute atomic E-state index is 6.99.